The first-order valence-corrected chi connectivity index (χ1v) is 8.25. The van der Waals surface area contributed by atoms with E-state index in [0.29, 0.717) is 12.5 Å². The molecule has 128 valence electrons. The van der Waals surface area contributed by atoms with Crippen LogP contribution < -0.4 is 5.73 Å². The highest BCUT2D eigenvalue weighted by Crippen LogP contribution is 2.33. The number of benzene rings is 1. The van der Waals surface area contributed by atoms with Gasteiger partial charge in [0.05, 0.1) is 17.3 Å². The van der Waals surface area contributed by atoms with Gasteiger partial charge in [0, 0.05) is 18.1 Å². The zero-order valence-electron chi connectivity index (χ0n) is 14.0. The number of aryl methyl sites for hydroxylation is 1. The van der Waals surface area contributed by atoms with Crippen molar-refractivity contribution in [2.24, 2.45) is 0 Å². The number of hydrogen-bond acceptors (Lipinski definition) is 6. The van der Waals surface area contributed by atoms with E-state index in [1.807, 2.05) is 41.8 Å². The summed E-state index contributed by atoms with van der Waals surface area (Å²) in [5.74, 6) is 1.63. The van der Waals surface area contributed by atoms with E-state index < -0.39 is 0 Å². The van der Waals surface area contributed by atoms with Crippen molar-refractivity contribution in [3.8, 4) is 17.3 Å². The minimum atomic E-state index is 0.285. The first-order valence-electron chi connectivity index (χ1n) is 8.25. The van der Waals surface area contributed by atoms with Crippen molar-refractivity contribution in [1.82, 2.24) is 29.3 Å². The number of nitrogens with two attached hydrogens (primary N) is 1. The standard InChI is InChI=1S/C18H15N7O/c1-2-24-16-12(15-7-11-5-3-4-6-14(11)26-15)8-20-9-13(16)23-18(24)25-17(19)21-10-22-25/h3-10H,2H2,1H3,(H2,19,21,22). The summed E-state index contributed by atoms with van der Waals surface area (Å²) in [6, 6.07) is 9.93. The minimum Gasteiger partial charge on any atom is -0.456 e. The number of para-hydroxylation sites is 1. The van der Waals surface area contributed by atoms with E-state index >= 15 is 0 Å². The second-order valence-electron chi connectivity index (χ2n) is 5.89. The number of nitrogen functional groups attached to an aromatic ring is 1. The lowest BCUT2D eigenvalue weighted by Gasteiger charge is -2.08. The third-order valence-electron chi connectivity index (χ3n) is 4.40. The molecule has 0 aliphatic rings. The van der Waals surface area contributed by atoms with Crippen molar-refractivity contribution in [3.05, 3.63) is 49.1 Å². The molecular weight excluding hydrogens is 330 g/mol. The SMILES string of the molecule is CCn1c(-n2ncnc2N)nc2cncc(-c3cc4ccccc4o3)c21. The molecule has 0 spiro atoms. The van der Waals surface area contributed by atoms with Crippen LogP contribution in [-0.4, -0.2) is 29.3 Å². The van der Waals surface area contributed by atoms with Gasteiger partial charge in [0.1, 0.15) is 23.2 Å². The highest BCUT2D eigenvalue weighted by atomic mass is 16.3. The normalized spacial score (nSPS) is 11.6. The molecule has 0 amide bonds. The molecule has 0 fully saturated rings. The van der Waals surface area contributed by atoms with Gasteiger partial charge in [-0.1, -0.05) is 18.2 Å². The van der Waals surface area contributed by atoms with Crippen LogP contribution in [-0.2, 0) is 6.54 Å². The fourth-order valence-electron chi connectivity index (χ4n) is 3.24. The summed E-state index contributed by atoms with van der Waals surface area (Å²) in [4.78, 5) is 13.0. The van der Waals surface area contributed by atoms with Crippen molar-refractivity contribution in [2.45, 2.75) is 13.5 Å². The quantitative estimate of drug-likeness (QED) is 0.539. The lowest BCUT2D eigenvalue weighted by atomic mass is 10.1. The van der Waals surface area contributed by atoms with Crippen LogP contribution >= 0.6 is 0 Å². The Morgan fingerprint density at radius 3 is 2.85 bits per heavy atom. The second-order valence-corrected chi connectivity index (χ2v) is 5.89. The monoisotopic (exact) mass is 345 g/mol. The summed E-state index contributed by atoms with van der Waals surface area (Å²) < 4.78 is 9.60. The maximum absolute atomic E-state index is 6.04. The predicted octanol–water partition coefficient (Wildman–Crippen LogP) is 3.03. The summed E-state index contributed by atoms with van der Waals surface area (Å²) in [5, 5.41) is 5.22. The number of aromatic nitrogens is 6. The molecule has 2 N–H and O–H groups in total. The summed E-state index contributed by atoms with van der Waals surface area (Å²) in [7, 11) is 0. The fourth-order valence-corrected chi connectivity index (χ4v) is 3.24. The van der Waals surface area contributed by atoms with Gasteiger partial charge in [0.2, 0.25) is 11.9 Å². The highest BCUT2D eigenvalue weighted by Gasteiger charge is 2.19. The zero-order chi connectivity index (χ0) is 17.7. The van der Waals surface area contributed by atoms with Crippen molar-refractivity contribution in [3.63, 3.8) is 0 Å². The predicted molar refractivity (Wildman–Crippen MR) is 97.7 cm³/mol. The lowest BCUT2D eigenvalue weighted by Crippen LogP contribution is -2.10. The number of anilines is 1. The van der Waals surface area contributed by atoms with Crippen LogP contribution in [0.25, 0.3) is 39.3 Å². The molecule has 4 aromatic heterocycles. The molecule has 5 rings (SSSR count). The van der Waals surface area contributed by atoms with Gasteiger partial charge in [0.25, 0.3) is 0 Å². The zero-order valence-corrected chi connectivity index (χ0v) is 14.0. The maximum atomic E-state index is 6.04. The molecule has 26 heavy (non-hydrogen) atoms. The number of rotatable bonds is 3. The number of fused-ring (bicyclic) bond motifs is 2. The van der Waals surface area contributed by atoms with Crippen LogP contribution in [0.3, 0.4) is 0 Å². The molecule has 0 atom stereocenters. The van der Waals surface area contributed by atoms with Gasteiger partial charge in [-0.15, -0.1) is 0 Å². The van der Waals surface area contributed by atoms with E-state index in [9.17, 15) is 0 Å². The number of imidazole rings is 1. The summed E-state index contributed by atoms with van der Waals surface area (Å²) in [6.45, 7) is 2.73. The Kier molecular flexibility index (Phi) is 3.05. The maximum Gasteiger partial charge on any atom is 0.235 e. The molecule has 0 saturated heterocycles. The van der Waals surface area contributed by atoms with Gasteiger partial charge >= 0.3 is 0 Å². The molecule has 0 bridgehead atoms. The van der Waals surface area contributed by atoms with E-state index in [-0.39, 0.29) is 5.95 Å². The topological polar surface area (TPSA) is 101 Å². The molecule has 1 aromatic carbocycles. The molecule has 8 heteroatoms. The van der Waals surface area contributed by atoms with E-state index in [4.69, 9.17) is 10.2 Å². The van der Waals surface area contributed by atoms with Crippen LogP contribution in [0.2, 0.25) is 0 Å². The van der Waals surface area contributed by atoms with Gasteiger partial charge in [0.15, 0.2) is 0 Å². The molecule has 8 nitrogen and oxygen atoms in total. The number of pyridine rings is 1. The van der Waals surface area contributed by atoms with Crippen LogP contribution in [0.15, 0.2) is 53.5 Å². The van der Waals surface area contributed by atoms with Crippen LogP contribution in [0.5, 0.6) is 0 Å². The molecule has 5 aromatic rings. The van der Waals surface area contributed by atoms with Gasteiger partial charge < -0.3 is 14.7 Å². The minimum absolute atomic E-state index is 0.285. The largest absolute Gasteiger partial charge is 0.456 e. The van der Waals surface area contributed by atoms with Gasteiger partial charge in [-0.2, -0.15) is 14.8 Å². The molecule has 4 heterocycles. The Labute approximate surface area is 147 Å². The average Bonchev–Trinajstić information content (AvgIpc) is 3.36. The first kappa shape index (κ1) is 14.6. The second kappa shape index (κ2) is 5.41. The van der Waals surface area contributed by atoms with Gasteiger partial charge in [-0.25, -0.2) is 4.98 Å². The Hall–Kier alpha value is -3.68. The van der Waals surface area contributed by atoms with Crippen LogP contribution in [0, 0.1) is 0 Å². The van der Waals surface area contributed by atoms with Gasteiger partial charge in [-0.05, 0) is 19.1 Å². The summed E-state index contributed by atoms with van der Waals surface area (Å²) in [6.07, 6.45) is 4.93. The van der Waals surface area contributed by atoms with Crippen molar-refractivity contribution in [1.29, 1.82) is 0 Å². The Morgan fingerprint density at radius 2 is 2.08 bits per heavy atom. The summed E-state index contributed by atoms with van der Waals surface area (Å²) in [5.41, 5.74) is 9.30. The number of furan rings is 1. The lowest BCUT2D eigenvalue weighted by molar-refractivity contribution is 0.631. The van der Waals surface area contributed by atoms with Crippen molar-refractivity contribution >= 4 is 28.0 Å². The molecule has 0 radical (unpaired) electrons. The van der Waals surface area contributed by atoms with Crippen molar-refractivity contribution in [2.75, 3.05) is 5.73 Å². The number of hydrogen-bond donors (Lipinski definition) is 1. The Morgan fingerprint density at radius 1 is 1.19 bits per heavy atom. The number of nitrogens with zero attached hydrogens (tertiary/aromatic N) is 6. The third-order valence-corrected chi connectivity index (χ3v) is 4.40. The first-order chi connectivity index (χ1) is 12.8. The molecule has 0 unspecified atom stereocenters. The Bertz CT molecular complexity index is 1210. The fraction of sp³-hybridized carbons (Fsp3) is 0.111. The molecule has 0 aliphatic heterocycles. The Balaban J connectivity index is 1.81. The van der Waals surface area contributed by atoms with E-state index in [1.165, 1.54) is 11.0 Å². The summed E-state index contributed by atoms with van der Waals surface area (Å²) >= 11 is 0. The van der Waals surface area contributed by atoms with Gasteiger partial charge in [-0.3, -0.25) is 4.98 Å². The van der Waals surface area contributed by atoms with Crippen LogP contribution in [0.1, 0.15) is 6.92 Å². The van der Waals surface area contributed by atoms with E-state index in [1.54, 1.807) is 12.4 Å². The highest BCUT2D eigenvalue weighted by molar-refractivity contribution is 5.94. The van der Waals surface area contributed by atoms with E-state index in [2.05, 4.69) is 20.1 Å². The molecular formula is C18H15N7O. The van der Waals surface area contributed by atoms with Crippen molar-refractivity contribution < 1.29 is 4.42 Å². The average molecular weight is 345 g/mol. The third kappa shape index (κ3) is 2.02. The smallest absolute Gasteiger partial charge is 0.235 e. The van der Waals surface area contributed by atoms with Crippen LogP contribution in [0.4, 0.5) is 5.95 Å². The van der Waals surface area contributed by atoms with E-state index in [0.717, 1.165) is 33.3 Å². The molecule has 0 aliphatic carbocycles. The molecule has 0 saturated carbocycles.